The van der Waals surface area contributed by atoms with Gasteiger partial charge in [0.25, 0.3) is 0 Å². The fraction of sp³-hybridized carbons (Fsp3) is 0.111. The number of benzene rings is 1. The summed E-state index contributed by atoms with van der Waals surface area (Å²) in [6.45, 7) is 3.43. The lowest BCUT2D eigenvalue weighted by molar-refractivity contribution is 0.224. The largest absolute Gasteiger partial charge is 0.508 e. The van der Waals surface area contributed by atoms with Crippen LogP contribution in [0.3, 0.4) is 0 Å². The van der Waals surface area contributed by atoms with E-state index in [1.807, 2.05) is 0 Å². The van der Waals surface area contributed by atoms with Crippen molar-refractivity contribution in [2.24, 2.45) is 0 Å². The lowest BCUT2D eigenvalue weighted by Crippen LogP contribution is -1.92. The van der Waals surface area contributed by atoms with E-state index in [0.717, 1.165) is 4.47 Å². The Balaban J connectivity index is 3.09. The van der Waals surface area contributed by atoms with Crippen LogP contribution in [0.15, 0.2) is 35.3 Å². The molecule has 0 aliphatic carbocycles. The van der Waals surface area contributed by atoms with E-state index in [4.69, 9.17) is 0 Å². The first-order valence-electron chi connectivity index (χ1n) is 3.44. The second-order valence-corrected chi connectivity index (χ2v) is 3.30. The van der Waals surface area contributed by atoms with Gasteiger partial charge in [-0.2, -0.15) is 0 Å². The topological polar surface area (TPSA) is 40.5 Å². The normalized spacial score (nSPS) is 12.5. The number of aromatic hydroxyl groups is 1. The Hall–Kier alpha value is -0.800. The first kappa shape index (κ1) is 9.29. The van der Waals surface area contributed by atoms with E-state index in [-0.39, 0.29) is 5.75 Å². The van der Waals surface area contributed by atoms with E-state index in [1.54, 1.807) is 12.1 Å². The Morgan fingerprint density at radius 3 is 2.67 bits per heavy atom. The van der Waals surface area contributed by atoms with Gasteiger partial charge in [0.15, 0.2) is 0 Å². The summed E-state index contributed by atoms with van der Waals surface area (Å²) in [6.07, 6.45) is 0.557. The van der Waals surface area contributed by atoms with E-state index < -0.39 is 6.10 Å². The van der Waals surface area contributed by atoms with E-state index in [1.165, 1.54) is 12.1 Å². The molecule has 0 aliphatic rings. The summed E-state index contributed by atoms with van der Waals surface area (Å²) in [5, 5.41) is 18.7. The molecule has 12 heavy (non-hydrogen) atoms. The molecule has 0 fully saturated rings. The highest BCUT2D eigenvalue weighted by atomic mass is 79.9. The smallest absolute Gasteiger partial charge is 0.122 e. The molecule has 2 N–H and O–H groups in total. The molecule has 1 unspecified atom stereocenters. The molecule has 64 valence electrons. The lowest BCUT2D eigenvalue weighted by Gasteiger charge is -2.07. The van der Waals surface area contributed by atoms with Crippen LogP contribution in [0.25, 0.3) is 0 Å². The van der Waals surface area contributed by atoms with Crippen molar-refractivity contribution in [3.05, 3.63) is 40.9 Å². The van der Waals surface area contributed by atoms with Gasteiger partial charge < -0.3 is 10.2 Å². The van der Waals surface area contributed by atoms with Gasteiger partial charge in [-0.05, 0) is 12.1 Å². The summed E-state index contributed by atoms with van der Waals surface area (Å²) in [5.41, 5.74) is 0.466. The maximum atomic E-state index is 9.36. The van der Waals surface area contributed by atoms with Crippen LogP contribution in [-0.4, -0.2) is 10.2 Å². The van der Waals surface area contributed by atoms with Gasteiger partial charge in [0, 0.05) is 10.0 Å². The Kier molecular flexibility index (Phi) is 2.89. The number of rotatable bonds is 2. The molecule has 0 heterocycles. The first-order valence-corrected chi connectivity index (χ1v) is 4.23. The summed E-state index contributed by atoms with van der Waals surface area (Å²) in [6, 6.07) is 4.93. The van der Waals surface area contributed by atoms with Gasteiger partial charge >= 0.3 is 0 Å². The van der Waals surface area contributed by atoms with Crippen molar-refractivity contribution in [1.82, 2.24) is 0 Å². The highest BCUT2D eigenvalue weighted by molar-refractivity contribution is 9.10. The highest BCUT2D eigenvalue weighted by Crippen LogP contribution is 2.27. The highest BCUT2D eigenvalue weighted by Gasteiger charge is 2.07. The molecule has 0 aliphatic heterocycles. The summed E-state index contributed by atoms with van der Waals surface area (Å²) in [5.74, 6) is 0.0665. The van der Waals surface area contributed by atoms with Crippen molar-refractivity contribution in [2.45, 2.75) is 6.10 Å². The second kappa shape index (κ2) is 3.74. The molecule has 0 bridgehead atoms. The zero-order valence-electron chi connectivity index (χ0n) is 6.37. The molecule has 1 aromatic rings. The van der Waals surface area contributed by atoms with Crippen LogP contribution in [0.4, 0.5) is 0 Å². The third-order valence-electron chi connectivity index (χ3n) is 1.53. The molecule has 0 spiro atoms. The molecule has 1 aromatic carbocycles. The molecular weight excluding hydrogens is 220 g/mol. The summed E-state index contributed by atoms with van der Waals surface area (Å²) in [4.78, 5) is 0. The maximum absolute atomic E-state index is 9.36. The van der Waals surface area contributed by atoms with Crippen LogP contribution >= 0.6 is 15.9 Å². The molecule has 2 nitrogen and oxygen atoms in total. The number of halogens is 1. The predicted octanol–water partition coefficient (Wildman–Crippen LogP) is 2.37. The minimum Gasteiger partial charge on any atom is -0.508 e. The molecule has 0 saturated heterocycles. The molecular formula is C9H9BrO2. The number of phenols is 1. The Morgan fingerprint density at radius 2 is 2.17 bits per heavy atom. The maximum Gasteiger partial charge on any atom is 0.122 e. The van der Waals surface area contributed by atoms with Crippen molar-refractivity contribution in [2.75, 3.05) is 0 Å². The molecule has 0 saturated carbocycles. The third-order valence-corrected chi connectivity index (χ3v) is 2.03. The van der Waals surface area contributed by atoms with Gasteiger partial charge in [0.1, 0.15) is 11.9 Å². The zero-order chi connectivity index (χ0) is 9.14. The molecule has 0 amide bonds. The van der Waals surface area contributed by atoms with Crippen molar-refractivity contribution >= 4 is 15.9 Å². The molecule has 1 rings (SSSR count). The Morgan fingerprint density at radius 1 is 1.50 bits per heavy atom. The average Bonchev–Trinajstić information content (AvgIpc) is 2.03. The van der Waals surface area contributed by atoms with Crippen molar-refractivity contribution in [3.8, 4) is 5.75 Å². The van der Waals surface area contributed by atoms with Crippen LogP contribution in [0.2, 0.25) is 0 Å². The van der Waals surface area contributed by atoms with Crippen molar-refractivity contribution in [3.63, 3.8) is 0 Å². The lowest BCUT2D eigenvalue weighted by atomic mass is 10.1. The van der Waals surface area contributed by atoms with Crippen molar-refractivity contribution < 1.29 is 10.2 Å². The van der Waals surface area contributed by atoms with E-state index in [9.17, 15) is 10.2 Å². The fourth-order valence-corrected chi connectivity index (χ4v) is 1.24. The van der Waals surface area contributed by atoms with Crippen LogP contribution in [0.1, 0.15) is 11.7 Å². The molecule has 0 aromatic heterocycles. The summed E-state index contributed by atoms with van der Waals surface area (Å²) < 4.78 is 0.778. The van der Waals surface area contributed by atoms with Gasteiger partial charge in [-0.1, -0.05) is 28.1 Å². The van der Waals surface area contributed by atoms with E-state index >= 15 is 0 Å². The van der Waals surface area contributed by atoms with Crippen LogP contribution in [0.5, 0.6) is 5.75 Å². The average molecular weight is 229 g/mol. The number of aliphatic hydroxyl groups is 1. The second-order valence-electron chi connectivity index (χ2n) is 2.38. The SMILES string of the molecule is C=CC(O)c1ccc(Br)cc1O. The molecule has 0 radical (unpaired) electrons. The monoisotopic (exact) mass is 228 g/mol. The van der Waals surface area contributed by atoms with Crippen LogP contribution in [-0.2, 0) is 0 Å². The standard InChI is InChI=1S/C9H9BrO2/c1-2-8(11)7-4-3-6(10)5-9(7)12/h2-5,8,11-12H,1H2. The van der Waals surface area contributed by atoms with Gasteiger partial charge in [-0.3, -0.25) is 0 Å². The van der Waals surface area contributed by atoms with Gasteiger partial charge in [-0.15, -0.1) is 6.58 Å². The minimum absolute atomic E-state index is 0.0665. The summed E-state index contributed by atoms with van der Waals surface area (Å²) >= 11 is 3.20. The number of hydrogen-bond acceptors (Lipinski definition) is 2. The quantitative estimate of drug-likeness (QED) is 0.764. The Labute approximate surface area is 79.3 Å². The zero-order valence-corrected chi connectivity index (χ0v) is 7.95. The fourth-order valence-electron chi connectivity index (χ4n) is 0.894. The van der Waals surface area contributed by atoms with Crippen LogP contribution in [0, 0.1) is 0 Å². The third kappa shape index (κ3) is 1.87. The first-order chi connectivity index (χ1) is 5.65. The van der Waals surface area contributed by atoms with E-state index in [2.05, 4.69) is 22.5 Å². The predicted molar refractivity (Wildman–Crippen MR) is 51.0 cm³/mol. The van der Waals surface area contributed by atoms with Gasteiger partial charge in [0.05, 0.1) is 0 Å². The number of aliphatic hydroxyl groups excluding tert-OH is 1. The number of hydrogen-bond donors (Lipinski definition) is 2. The van der Waals surface area contributed by atoms with Crippen LogP contribution < -0.4 is 0 Å². The molecule has 1 atom stereocenters. The minimum atomic E-state index is -0.807. The van der Waals surface area contributed by atoms with Gasteiger partial charge in [-0.25, -0.2) is 0 Å². The summed E-state index contributed by atoms with van der Waals surface area (Å²) in [7, 11) is 0. The Bertz CT molecular complexity index is 297. The van der Waals surface area contributed by atoms with E-state index in [0.29, 0.717) is 5.56 Å². The van der Waals surface area contributed by atoms with Gasteiger partial charge in [0.2, 0.25) is 0 Å². The van der Waals surface area contributed by atoms with Crippen molar-refractivity contribution in [1.29, 1.82) is 0 Å². The number of phenolic OH excluding ortho intramolecular Hbond substituents is 1. The molecule has 3 heteroatoms.